The van der Waals surface area contributed by atoms with Gasteiger partial charge in [0.05, 0.1) is 5.60 Å². The molecule has 0 amide bonds. The predicted molar refractivity (Wildman–Crippen MR) is 52.0 cm³/mol. The topological polar surface area (TPSA) is 12.5 Å². The molecular weight excluding hydrogens is 235 g/mol. The number of hydrogen-bond acceptors (Lipinski definition) is 1. The summed E-state index contributed by atoms with van der Waals surface area (Å²) in [5.41, 5.74) is 0.432. The van der Waals surface area contributed by atoms with Crippen molar-refractivity contribution in [3.63, 3.8) is 0 Å². The van der Waals surface area contributed by atoms with Crippen LogP contribution in [-0.2, 0) is 4.74 Å². The van der Waals surface area contributed by atoms with Crippen LogP contribution in [-0.4, -0.2) is 5.60 Å². The van der Waals surface area contributed by atoms with Gasteiger partial charge in [0.15, 0.2) is 0 Å². The predicted octanol–water partition coefficient (Wildman–Crippen LogP) is 3.44. The first-order valence-corrected chi connectivity index (χ1v) is 4.93. The molecule has 3 heteroatoms. The quantitative estimate of drug-likeness (QED) is 0.690. The Balaban J connectivity index is 2.36. The van der Waals surface area contributed by atoms with Crippen molar-refractivity contribution in [2.45, 2.75) is 25.6 Å². The lowest BCUT2D eigenvalue weighted by Crippen LogP contribution is -1.99. The Kier molecular flexibility index (Phi) is 1.96. The molecule has 1 aliphatic rings. The first kappa shape index (κ1) is 9.16. The van der Waals surface area contributed by atoms with Crippen molar-refractivity contribution in [3.8, 4) is 0 Å². The van der Waals surface area contributed by atoms with E-state index in [0.29, 0.717) is 5.56 Å². The number of halogens is 2. The summed E-state index contributed by atoms with van der Waals surface area (Å²) < 4.78 is 19.6. The van der Waals surface area contributed by atoms with Crippen LogP contribution < -0.4 is 0 Å². The lowest BCUT2D eigenvalue weighted by molar-refractivity contribution is 0.323. The van der Waals surface area contributed by atoms with Crippen LogP contribution in [0.5, 0.6) is 0 Å². The molecule has 1 aromatic rings. The van der Waals surface area contributed by atoms with Gasteiger partial charge >= 0.3 is 0 Å². The van der Waals surface area contributed by atoms with E-state index in [1.54, 1.807) is 12.1 Å². The molecule has 13 heavy (non-hydrogen) atoms. The van der Waals surface area contributed by atoms with Gasteiger partial charge < -0.3 is 4.74 Å². The molecule has 2 rings (SSSR count). The number of hydrogen-bond donors (Lipinski definition) is 0. The summed E-state index contributed by atoms with van der Waals surface area (Å²) in [5, 5.41) is 0. The number of benzene rings is 1. The summed E-state index contributed by atoms with van der Waals surface area (Å²) in [6.45, 7) is 3.91. The summed E-state index contributed by atoms with van der Waals surface area (Å²) >= 11 is 3.31. The van der Waals surface area contributed by atoms with Crippen molar-refractivity contribution in [2.24, 2.45) is 0 Å². The zero-order valence-corrected chi connectivity index (χ0v) is 9.06. The smallest absolute Gasteiger partial charge is 0.129 e. The van der Waals surface area contributed by atoms with Gasteiger partial charge in [0.2, 0.25) is 0 Å². The van der Waals surface area contributed by atoms with Crippen LogP contribution in [0.1, 0.15) is 25.5 Å². The molecule has 0 aromatic heterocycles. The van der Waals surface area contributed by atoms with E-state index in [4.69, 9.17) is 4.74 Å². The van der Waals surface area contributed by atoms with Gasteiger partial charge in [-0.25, -0.2) is 4.39 Å². The van der Waals surface area contributed by atoms with Gasteiger partial charge in [-0.3, -0.25) is 0 Å². The molecule has 1 aliphatic heterocycles. The minimum absolute atomic E-state index is 0.0926. The molecule has 0 saturated carbocycles. The third-order valence-electron chi connectivity index (χ3n) is 2.24. The van der Waals surface area contributed by atoms with Crippen molar-refractivity contribution >= 4 is 15.9 Å². The molecule has 70 valence electrons. The van der Waals surface area contributed by atoms with Crippen LogP contribution in [0.25, 0.3) is 0 Å². The maximum absolute atomic E-state index is 13.3. The van der Waals surface area contributed by atoms with Crippen LogP contribution >= 0.6 is 15.9 Å². The van der Waals surface area contributed by atoms with E-state index in [1.807, 2.05) is 13.8 Å². The number of epoxide rings is 1. The maximum Gasteiger partial charge on any atom is 0.129 e. The molecule has 0 N–H and O–H groups in total. The minimum atomic E-state index is -0.207. The summed E-state index contributed by atoms with van der Waals surface area (Å²) in [4.78, 5) is 0. The van der Waals surface area contributed by atoms with Crippen LogP contribution in [0.15, 0.2) is 22.7 Å². The van der Waals surface area contributed by atoms with E-state index >= 15 is 0 Å². The highest BCUT2D eigenvalue weighted by Crippen LogP contribution is 2.49. The van der Waals surface area contributed by atoms with Crippen molar-refractivity contribution < 1.29 is 9.13 Å². The molecule has 1 atom stereocenters. The summed E-state index contributed by atoms with van der Waals surface area (Å²) in [6, 6.07) is 4.92. The van der Waals surface area contributed by atoms with Crippen LogP contribution in [0, 0.1) is 5.82 Å². The van der Waals surface area contributed by atoms with Crippen LogP contribution in [0.2, 0.25) is 0 Å². The van der Waals surface area contributed by atoms with Gasteiger partial charge in [0.1, 0.15) is 11.9 Å². The Bertz CT molecular complexity index is 349. The fourth-order valence-corrected chi connectivity index (χ4v) is 1.80. The third-order valence-corrected chi connectivity index (χ3v) is 2.73. The fraction of sp³-hybridized carbons (Fsp3) is 0.400. The Morgan fingerprint density at radius 1 is 1.46 bits per heavy atom. The van der Waals surface area contributed by atoms with E-state index in [9.17, 15) is 4.39 Å². The SMILES string of the molecule is CC1(C)OC1c1cc(Br)ccc1F. The van der Waals surface area contributed by atoms with E-state index in [2.05, 4.69) is 15.9 Å². The highest BCUT2D eigenvalue weighted by molar-refractivity contribution is 9.10. The number of ether oxygens (including phenoxy) is 1. The lowest BCUT2D eigenvalue weighted by atomic mass is 10.0. The van der Waals surface area contributed by atoms with Gasteiger partial charge in [0, 0.05) is 10.0 Å². The van der Waals surface area contributed by atoms with Gasteiger partial charge in [-0.05, 0) is 32.0 Å². The average Bonchev–Trinajstić information content (AvgIpc) is 2.65. The van der Waals surface area contributed by atoms with Gasteiger partial charge in [-0.15, -0.1) is 0 Å². The lowest BCUT2D eigenvalue weighted by Gasteiger charge is -2.01. The Labute approximate surface area is 85.0 Å². The van der Waals surface area contributed by atoms with E-state index in [0.717, 1.165) is 4.47 Å². The highest BCUT2D eigenvalue weighted by Gasteiger charge is 2.50. The zero-order chi connectivity index (χ0) is 9.64. The molecule has 0 radical (unpaired) electrons. The van der Waals surface area contributed by atoms with Crippen LogP contribution in [0.4, 0.5) is 4.39 Å². The molecule has 1 fully saturated rings. The molecule has 0 bridgehead atoms. The third kappa shape index (κ3) is 1.63. The molecule has 1 nitrogen and oxygen atoms in total. The standard InChI is InChI=1S/C10H10BrFO/c1-10(2)9(13-10)7-5-6(11)3-4-8(7)12/h3-5,9H,1-2H3. The van der Waals surface area contributed by atoms with Gasteiger partial charge in [0.25, 0.3) is 0 Å². The Hall–Kier alpha value is -0.410. The second-order valence-electron chi connectivity index (χ2n) is 3.77. The summed E-state index contributed by atoms with van der Waals surface area (Å²) in [6.07, 6.45) is -0.0926. The molecule has 1 unspecified atom stereocenters. The Morgan fingerprint density at radius 2 is 2.08 bits per heavy atom. The first-order valence-electron chi connectivity index (χ1n) is 4.13. The average molecular weight is 245 g/mol. The van der Waals surface area contributed by atoms with E-state index in [1.165, 1.54) is 6.07 Å². The van der Waals surface area contributed by atoms with Crippen molar-refractivity contribution in [3.05, 3.63) is 34.1 Å². The van der Waals surface area contributed by atoms with Crippen molar-refractivity contribution in [1.82, 2.24) is 0 Å². The molecular formula is C10H10BrFO. The Morgan fingerprint density at radius 3 is 2.62 bits per heavy atom. The summed E-state index contributed by atoms with van der Waals surface area (Å²) in [5.74, 6) is -0.196. The monoisotopic (exact) mass is 244 g/mol. The second kappa shape index (κ2) is 2.79. The molecule has 0 aliphatic carbocycles. The van der Waals surface area contributed by atoms with Gasteiger partial charge in [-0.2, -0.15) is 0 Å². The highest BCUT2D eigenvalue weighted by atomic mass is 79.9. The molecule has 1 heterocycles. The van der Waals surface area contributed by atoms with Crippen molar-refractivity contribution in [1.29, 1.82) is 0 Å². The van der Waals surface area contributed by atoms with E-state index < -0.39 is 0 Å². The maximum atomic E-state index is 13.3. The largest absolute Gasteiger partial charge is 0.361 e. The summed E-state index contributed by atoms with van der Waals surface area (Å²) in [7, 11) is 0. The first-order chi connectivity index (χ1) is 6.00. The van der Waals surface area contributed by atoms with E-state index in [-0.39, 0.29) is 17.5 Å². The van der Waals surface area contributed by atoms with Crippen molar-refractivity contribution in [2.75, 3.05) is 0 Å². The number of rotatable bonds is 1. The molecule has 1 aromatic carbocycles. The normalized spacial score (nSPS) is 24.5. The van der Waals surface area contributed by atoms with Gasteiger partial charge in [-0.1, -0.05) is 15.9 Å². The van der Waals surface area contributed by atoms with Crippen LogP contribution in [0.3, 0.4) is 0 Å². The second-order valence-corrected chi connectivity index (χ2v) is 4.68. The minimum Gasteiger partial charge on any atom is -0.361 e. The molecule has 0 spiro atoms. The fourth-order valence-electron chi connectivity index (χ4n) is 1.42. The zero-order valence-electron chi connectivity index (χ0n) is 7.47. The molecule has 1 saturated heterocycles.